The minimum absolute atomic E-state index is 0.0213. The SMILES string of the molecule is CC(C)(N)c1ccc2c(C(F)(F)F)c(O[C@H]3CC[C@H](C(F)(F)F)CC3)ccc2c1. The molecule has 3 rings (SSSR count). The summed E-state index contributed by atoms with van der Waals surface area (Å²) in [6, 6.07) is 7.30. The molecule has 29 heavy (non-hydrogen) atoms. The number of nitrogens with two attached hydrogens (primary N) is 1. The van der Waals surface area contributed by atoms with E-state index in [9.17, 15) is 26.3 Å². The van der Waals surface area contributed by atoms with Crippen LogP contribution >= 0.6 is 0 Å². The second-order valence-electron chi connectivity index (χ2n) is 8.23. The molecule has 1 aliphatic carbocycles. The fraction of sp³-hybridized carbons (Fsp3) is 0.524. The summed E-state index contributed by atoms with van der Waals surface area (Å²) in [5.41, 5.74) is 5.11. The molecule has 1 saturated carbocycles. The van der Waals surface area contributed by atoms with Gasteiger partial charge in [0.15, 0.2) is 0 Å². The Kier molecular flexibility index (Phi) is 5.53. The Morgan fingerprint density at radius 1 is 0.897 bits per heavy atom. The summed E-state index contributed by atoms with van der Waals surface area (Å²) in [7, 11) is 0. The Morgan fingerprint density at radius 2 is 1.52 bits per heavy atom. The molecular weight excluding hydrogens is 396 g/mol. The van der Waals surface area contributed by atoms with Crippen LogP contribution in [0.1, 0.15) is 50.7 Å². The van der Waals surface area contributed by atoms with Gasteiger partial charge in [-0.15, -0.1) is 0 Å². The highest BCUT2D eigenvalue weighted by molar-refractivity contribution is 5.89. The largest absolute Gasteiger partial charge is 0.490 e. The number of benzene rings is 2. The second-order valence-corrected chi connectivity index (χ2v) is 8.23. The van der Waals surface area contributed by atoms with E-state index in [1.165, 1.54) is 18.2 Å². The predicted octanol–water partition coefficient (Wildman–Crippen LogP) is 6.55. The average Bonchev–Trinajstić information content (AvgIpc) is 2.59. The van der Waals surface area contributed by atoms with Crippen LogP contribution < -0.4 is 10.5 Å². The molecule has 2 aromatic carbocycles. The molecule has 0 atom stereocenters. The molecule has 1 aliphatic rings. The van der Waals surface area contributed by atoms with E-state index >= 15 is 0 Å². The highest BCUT2D eigenvalue weighted by atomic mass is 19.4. The lowest BCUT2D eigenvalue weighted by Crippen LogP contribution is -2.32. The maximum atomic E-state index is 13.8. The summed E-state index contributed by atoms with van der Waals surface area (Å²) < 4.78 is 85.5. The molecule has 0 heterocycles. The van der Waals surface area contributed by atoms with Gasteiger partial charge in [-0.2, -0.15) is 26.3 Å². The quantitative estimate of drug-likeness (QED) is 0.573. The molecule has 0 spiro atoms. The lowest BCUT2D eigenvalue weighted by molar-refractivity contribution is -0.185. The van der Waals surface area contributed by atoms with Gasteiger partial charge in [0.05, 0.1) is 12.0 Å². The number of fused-ring (bicyclic) bond motifs is 1. The van der Waals surface area contributed by atoms with Crippen LogP contribution in [0.25, 0.3) is 10.8 Å². The topological polar surface area (TPSA) is 35.2 Å². The summed E-state index contributed by atoms with van der Waals surface area (Å²) in [5, 5.41) is 0.355. The van der Waals surface area contributed by atoms with Gasteiger partial charge in [-0.25, -0.2) is 0 Å². The number of alkyl halides is 6. The van der Waals surface area contributed by atoms with E-state index in [1.807, 2.05) is 0 Å². The Morgan fingerprint density at radius 3 is 2.03 bits per heavy atom. The van der Waals surface area contributed by atoms with Crippen molar-refractivity contribution < 1.29 is 31.1 Å². The minimum atomic E-state index is -4.67. The van der Waals surface area contributed by atoms with E-state index < -0.39 is 35.5 Å². The van der Waals surface area contributed by atoms with Crippen LogP contribution in [0.4, 0.5) is 26.3 Å². The zero-order valence-corrected chi connectivity index (χ0v) is 16.1. The number of halogens is 6. The van der Waals surface area contributed by atoms with Crippen molar-refractivity contribution in [2.45, 2.75) is 63.5 Å². The molecule has 8 heteroatoms. The van der Waals surface area contributed by atoms with Crippen LogP contribution in [0.5, 0.6) is 5.75 Å². The van der Waals surface area contributed by atoms with Crippen LogP contribution in [-0.4, -0.2) is 12.3 Å². The molecule has 0 aliphatic heterocycles. The standard InChI is InChI=1S/C21H23F6NO/c1-19(2,28)14-6-9-16-12(11-14)3-10-17(18(16)21(25,26)27)29-15-7-4-13(5-8-15)20(22,23)24/h3,6,9-11,13,15H,4-5,7-8,28H2,1-2H3/t13-,15-. The normalized spacial score (nSPS) is 21.4. The number of rotatable bonds is 3. The van der Waals surface area contributed by atoms with Crippen molar-refractivity contribution in [1.29, 1.82) is 0 Å². The molecule has 0 saturated heterocycles. The van der Waals surface area contributed by atoms with Gasteiger partial charge in [0, 0.05) is 5.54 Å². The number of ether oxygens (including phenoxy) is 1. The van der Waals surface area contributed by atoms with Crippen LogP contribution in [-0.2, 0) is 11.7 Å². The molecule has 2 aromatic rings. The van der Waals surface area contributed by atoms with Crippen LogP contribution in [0, 0.1) is 5.92 Å². The number of hydrogen-bond donors (Lipinski definition) is 1. The van der Waals surface area contributed by atoms with Crippen LogP contribution in [0.3, 0.4) is 0 Å². The van der Waals surface area contributed by atoms with Gasteiger partial charge in [-0.05, 0) is 68.0 Å². The molecule has 2 nitrogen and oxygen atoms in total. The predicted molar refractivity (Wildman–Crippen MR) is 98.6 cm³/mol. The van der Waals surface area contributed by atoms with Gasteiger partial charge < -0.3 is 10.5 Å². The van der Waals surface area contributed by atoms with Crippen molar-refractivity contribution in [2.24, 2.45) is 11.7 Å². The zero-order valence-electron chi connectivity index (χ0n) is 16.1. The maximum absolute atomic E-state index is 13.8. The Balaban J connectivity index is 1.92. The summed E-state index contributed by atoms with van der Waals surface area (Å²) >= 11 is 0. The maximum Gasteiger partial charge on any atom is 0.420 e. The molecule has 0 aromatic heterocycles. The molecule has 0 amide bonds. The summed E-state index contributed by atoms with van der Waals surface area (Å²) in [4.78, 5) is 0. The molecule has 1 fully saturated rings. The monoisotopic (exact) mass is 419 g/mol. The van der Waals surface area contributed by atoms with Crippen molar-refractivity contribution in [1.82, 2.24) is 0 Å². The van der Waals surface area contributed by atoms with E-state index in [1.54, 1.807) is 26.0 Å². The van der Waals surface area contributed by atoms with Crippen LogP contribution in [0.15, 0.2) is 30.3 Å². The fourth-order valence-electron chi connectivity index (χ4n) is 3.79. The van der Waals surface area contributed by atoms with E-state index in [4.69, 9.17) is 10.5 Å². The highest BCUT2D eigenvalue weighted by Crippen LogP contribution is 2.44. The van der Waals surface area contributed by atoms with Crippen molar-refractivity contribution in [3.8, 4) is 5.75 Å². The minimum Gasteiger partial charge on any atom is -0.490 e. The van der Waals surface area contributed by atoms with Gasteiger partial charge >= 0.3 is 12.4 Å². The molecular formula is C21H23F6NO. The lowest BCUT2D eigenvalue weighted by atomic mass is 9.87. The molecule has 0 radical (unpaired) electrons. The number of hydrogen-bond acceptors (Lipinski definition) is 2. The fourth-order valence-corrected chi connectivity index (χ4v) is 3.79. The molecule has 0 unspecified atom stereocenters. The molecule has 2 N–H and O–H groups in total. The highest BCUT2D eigenvalue weighted by Gasteiger charge is 2.42. The second kappa shape index (κ2) is 7.38. The third-order valence-electron chi connectivity index (χ3n) is 5.44. The van der Waals surface area contributed by atoms with Gasteiger partial charge in [0.25, 0.3) is 0 Å². The third-order valence-corrected chi connectivity index (χ3v) is 5.44. The van der Waals surface area contributed by atoms with E-state index in [0.717, 1.165) is 0 Å². The van der Waals surface area contributed by atoms with Gasteiger partial charge in [0.2, 0.25) is 0 Å². The summed E-state index contributed by atoms with van der Waals surface area (Å²) in [6.45, 7) is 3.52. The Bertz CT molecular complexity index is 874. The first-order chi connectivity index (χ1) is 13.3. The van der Waals surface area contributed by atoms with Gasteiger partial charge in [-0.3, -0.25) is 0 Å². The molecule has 160 valence electrons. The first-order valence-electron chi connectivity index (χ1n) is 9.43. The average molecular weight is 419 g/mol. The van der Waals surface area contributed by atoms with Gasteiger partial charge in [-0.1, -0.05) is 18.2 Å². The van der Waals surface area contributed by atoms with Crippen LogP contribution in [0.2, 0.25) is 0 Å². The summed E-state index contributed by atoms with van der Waals surface area (Å²) in [5.74, 6) is -1.76. The van der Waals surface area contributed by atoms with Crippen molar-refractivity contribution in [3.63, 3.8) is 0 Å². The zero-order chi connectivity index (χ0) is 21.6. The smallest absolute Gasteiger partial charge is 0.420 e. The first kappa shape index (κ1) is 21.7. The van der Waals surface area contributed by atoms with Crippen molar-refractivity contribution >= 4 is 10.8 Å². The van der Waals surface area contributed by atoms with Crippen molar-refractivity contribution in [2.75, 3.05) is 0 Å². The Hall–Kier alpha value is -1.96. The van der Waals surface area contributed by atoms with E-state index in [0.29, 0.717) is 10.9 Å². The van der Waals surface area contributed by atoms with Gasteiger partial charge in [0.1, 0.15) is 11.3 Å². The van der Waals surface area contributed by atoms with Crippen molar-refractivity contribution in [3.05, 3.63) is 41.5 Å². The summed E-state index contributed by atoms with van der Waals surface area (Å²) in [6.07, 6.45) is -9.76. The molecule has 0 bridgehead atoms. The Labute approximate surface area is 165 Å². The lowest BCUT2D eigenvalue weighted by Gasteiger charge is -2.31. The third kappa shape index (κ3) is 4.79. The van der Waals surface area contributed by atoms with E-state index in [2.05, 4.69) is 0 Å². The van der Waals surface area contributed by atoms with E-state index in [-0.39, 0.29) is 36.8 Å². The first-order valence-corrected chi connectivity index (χ1v) is 9.43.